The summed E-state index contributed by atoms with van der Waals surface area (Å²) in [6, 6.07) is 1.40. The van der Waals surface area contributed by atoms with Crippen molar-refractivity contribution in [2.75, 3.05) is 0 Å². The predicted octanol–water partition coefficient (Wildman–Crippen LogP) is 2.07. The molecule has 0 aliphatic heterocycles. The van der Waals surface area contributed by atoms with Crippen LogP contribution in [0.4, 0.5) is 0 Å². The van der Waals surface area contributed by atoms with Gasteiger partial charge in [-0.3, -0.25) is 0 Å². The predicted molar refractivity (Wildman–Crippen MR) is 89.6 cm³/mol. The van der Waals surface area contributed by atoms with E-state index in [1.54, 1.807) is 29.4 Å². The number of hydrogen-bond donors (Lipinski definition) is 1. The van der Waals surface area contributed by atoms with Gasteiger partial charge in [0.1, 0.15) is 5.82 Å². The first-order valence-corrected chi connectivity index (χ1v) is 9.67. The minimum Gasteiger partial charge on any atom is -0.336 e. The van der Waals surface area contributed by atoms with Crippen LogP contribution in [-0.2, 0) is 16.6 Å². The third kappa shape index (κ3) is 3.99. The van der Waals surface area contributed by atoms with E-state index in [2.05, 4.69) is 33.5 Å². The van der Waals surface area contributed by atoms with Crippen LogP contribution in [-0.4, -0.2) is 27.9 Å². The first-order valence-electron chi connectivity index (χ1n) is 8.19. The van der Waals surface area contributed by atoms with Gasteiger partial charge in [0.05, 0.1) is 12.4 Å². The number of nitrogens with zero attached hydrogens (tertiary/aromatic N) is 4. The fourth-order valence-corrected chi connectivity index (χ4v) is 3.85. The Morgan fingerprint density at radius 3 is 2.71 bits per heavy atom. The minimum atomic E-state index is -3.70. The summed E-state index contributed by atoms with van der Waals surface area (Å²) in [5.41, 5.74) is 0.825. The van der Waals surface area contributed by atoms with Crippen molar-refractivity contribution in [2.24, 2.45) is 11.8 Å². The van der Waals surface area contributed by atoms with Crippen LogP contribution >= 0.6 is 0 Å². The van der Waals surface area contributed by atoms with E-state index in [1.807, 2.05) is 6.92 Å². The monoisotopic (exact) mass is 349 g/mol. The summed E-state index contributed by atoms with van der Waals surface area (Å²) in [5.74, 6) is 1.20. The normalized spacial score (nSPS) is 16.5. The molecular formula is C16H23N5O2S. The van der Waals surface area contributed by atoms with Crippen LogP contribution in [0.3, 0.4) is 0 Å². The van der Waals surface area contributed by atoms with E-state index in [0.29, 0.717) is 11.7 Å². The summed E-state index contributed by atoms with van der Waals surface area (Å²) in [7, 11) is -3.70. The lowest BCUT2D eigenvalue weighted by Gasteiger charge is -2.16. The van der Waals surface area contributed by atoms with Crippen molar-refractivity contribution < 1.29 is 8.42 Å². The Labute approximate surface area is 142 Å². The first kappa shape index (κ1) is 17.0. The Bertz CT molecular complexity index is 811. The number of rotatable bonds is 7. The van der Waals surface area contributed by atoms with Gasteiger partial charge in [0.15, 0.2) is 5.03 Å². The van der Waals surface area contributed by atoms with E-state index < -0.39 is 16.1 Å². The molecule has 3 rings (SSSR count). The molecule has 0 radical (unpaired) electrons. The molecule has 0 unspecified atom stereocenters. The molecule has 1 aliphatic carbocycles. The molecule has 1 aliphatic rings. The summed E-state index contributed by atoms with van der Waals surface area (Å²) in [5, 5.41) is 0.0430. The zero-order valence-corrected chi connectivity index (χ0v) is 15.0. The van der Waals surface area contributed by atoms with Gasteiger partial charge >= 0.3 is 0 Å². The molecular weight excluding hydrogens is 326 g/mol. The molecule has 2 aromatic heterocycles. The maximum absolute atomic E-state index is 12.7. The highest BCUT2D eigenvalue weighted by Crippen LogP contribution is 2.40. The molecule has 1 atom stereocenters. The molecule has 2 heterocycles. The second kappa shape index (κ2) is 6.60. The van der Waals surface area contributed by atoms with Crippen molar-refractivity contribution in [1.29, 1.82) is 0 Å². The minimum absolute atomic E-state index is 0.0430. The quantitative estimate of drug-likeness (QED) is 0.826. The topological polar surface area (TPSA) is 89.8 Å². The lowest BCUT2D eigenvalue weighted by atomic mass is 10.2. The zero-order chi connectivity index (χ0) is 17.3. The van der Waals surface area contributed by atoms with Gasteiger partial charge < -0.3 is 4.57 Å². The number of nitrogens with one attached hydrogen (secondary N) is 1. The highest BCUT2D eigenvalue weighted by atomic mass is 32.2. The van der Waals surface area contributed by atoms with Crippen LogP contribution in [0, 0.1) is 18.8 Å². The molecule has 0 amide bonds. The summed E-state index contributed by atoms with van der Waals surface area (Å²) in [6.07, 6.45) is 6.75. The third-order valence-corrected chi connectivity index (χ3v) is 5.25. The number of aryl methyl sites for hydroxylation is 1. The lowest BCUT2D eigenvalue weighted by Crippen LogP contribution is -2.31. The van der Waals surface area contributed by atoms with Crippen molar-refractivity contribution in [1.82, 2.24) is 24.2 Å². The third-order valence-electron chi connectivity index (χ3n) is 3.93. The van der Waals surface area contributed by atoms with Gasteiger partial charge in [0.2, 0.25) is 0 Å². The van der Waals surface area contributed by atoms with Gasteiger partial charge in [-0.1, -0.05) is 13.8 Å². The highest BCUT2D eigenvalue weighted by molar-refractivity contribution is 7.89. The fourth-order valence-electron chi connectivity index (χ4n) is 2.63. The molecule has 24 heavy (non-hydrogen) atoms. The number of aromatic nitrogens is 4. The van der Waals surface area contributed by atoms with Crippen LogP contribution in [0.15, 0.2) is 29.8 Å². The van der Waals surface area contributed by atoms with Gasteiger partial charge in [0, 0.05) is 24.6 Å². The van der Waals surface area contributed by atoms with Crippen LogP contribution in [0.2, 0.25) is 0 Å². The van der Waals surface area contributed by atoms with Crippen molar-refractivity contribution in [3.05, 3.63) is 36.3 Å². The molecule has 130 valence electrons. The van der Waals surface area contributed by atoms with Crippen LogP contribution in [0.5, 0.6) is 0 Å². The van der Waals surface area contributed by atoms with Crippen molar-refractivity contribution in [3.8, 4) is 0 Å². The summed E-state index contributed by atoms with van der Waals surface area (Å²) in [4.78, 5) is 12.7. The summed E-state index contributed by atoms with van der Waals surface area (Å²) >= 11 is 0. The largest absolute Gasteiger partial charge is 0.336 e. The molecule has 0 aromatic carbocycles. The highest BCUT2D eigenvalue weighted by Gasteiger charge is 2.37. The Morgan fingerprint density at radius 1 is 1.33 bits per heavy atom. The molecule has 0 saturated heterocycles. The van der Waals surface area contributed by atoms with Crippen LogP contribution < -0.4 is 4.72 Å². The fraction of sp³-hybridized carbons (Fsp3) is 0.562. The van der Waals surface area contributed by atoms with E-state index in [0.717, 1.165) is 25.1 Å². The molecule has 1 saturated carbocycles. The maximum Gasteiger partial charge on any atom is 0.260 e. The molecule has 1 N–H and O–H groups in total. The summed E-state index contributed by atoms with van der Waals surface area (Å²) < 4.78 is 29.9. The number of sulfonamides is 1. The smallest absolute Gasteiger partial charge is 0.260 e. The van der Waals surface area contributed by atoms with E-state index in [-0.39, 0.29) is 10.9 Å². The maximum atomic E-state index is 12.7. The van der Waals surface area contributed by atoms with Crippen LogP contribution in [0.1, 0.15) is 44.2 Å². The summed E-state index contributed by atoms with van der Waals surface area (Å²) in [6.45, 7) is 6.75. The Hall–Kier alpha value is -1.80. The SMILES string of the molecule is Cc1ccnc([C@H](NS(=O)(=O)c2cn(CC(C)C)cn2)C2CC2)n1. The second-order valence-corrected chi connectivity index (χ2v) is 8.46. The van der Waals surface area contributed by atoms with Gasteiger partial charge in [0.25, 0.3) is 10.0 Å². The lowest BCUT2D eigenvalue weighted by molar-refractivity contribution is 0.506. The van der Waals surface area contributed by atoms with Crippen molar-refractivity contribution >= 4 is 10.0 Å². The van der Waals surface area contributed by atoms with E-state index in [4.69, 9.17) is 0 Å². The van der Waals surface area contributed by atoms with E-state index in [9.17, 15) is 8.42 Å². The molecule has 1 fully saturated rings. The second-order valence-electron chi connectivity index (χ2n) is 6.80. The van der Waals surface area contributed by atoms with Crippen molar-refractivity contribution in [3.63, 3.8) is 0 Å². The van der Waals surface area contributed by atoms with E-state index >= 15 is 0 Å². The first-order chi connectivity index (χ1) is 11.3. The molecule has 2 aromatic rings. The van der Waals surface area contributed by atoms with Gasteiger partial charge in [-0.2, -0.15) is 4.72 Å². The Balaban J connectivity index is 1.82. The van der Waals surface area contributed by atoms with Crippen molar-refractivity contribution in [2.45, 2.75) is 51.2 Å². The Kier molecular flexibility index (Phi) is 4.69. The average molecular weight is 349 g/mol. The number of imidazole rings is 1. The molecule has 0 bridgehead atoms. The molecule has 8 heteroatoms. The molecule has 0 spiro atoms. The van der Waals surface area contributed by atoms with E-state index in [1.165, 1.54) is 0 Å². The average Bonchev–Trinajstić information content (AvgIpc) is 3.23. The van der Waals surface area contributed by atoms with Gasteiger partial charge in [-0.15, -0.1) is 0 Å². The Morgan fingerprint density at radius 2 is 2.08 bits per heavy atom. The van der Waals surface area contributed by atoms with Crippen LogP contribution in [0.25, 0.3) is 0 Å². The van der Waals surface area contributed by atoms with Gasteiger partial charge in [-0.05, 0) is 37.7 Å². The standard InChI is InChI=1S/C16H23N5O2S/c1-11(2)8-21-9-14(18-10-21)24(22,23)20-15(13-4-5-13)16-17-7-6-12(3)19-16/h6-7,9-11,13,15,20H,4-5,8H2,1-3H3/t15-/m1/s1. The zero-order valence-electron chi connectivity index (χ0n) is 14.2. The molecule has 7 nitrogen and oxygen atoms in total. The van der Waals surface area contributed by atoms with Gasteiger partial charge in [-0.25, -0.2) is 23.4 Å². The number of hydrogen-bond acceptors (Lipinski definition) is 5.